The monoisotopic (exact) mass is 328 g/mol. The summed E-state index contributed by atoms with van der Waals surface area (Å²) in [6, 6.07) is 15.2. The number of nitrogens with two attached hydrogens (primary N) is 1. The standard InChI is InChI=1S/C19H24N2OS/c20-17-9-8-15(12-17)19(22)21-10-11-23-13-16-6-3-5-14-4-1-2-7-18(14)16/h1-7,15,17H,8-13,20H2,(H,21,22). The first-order chi connectivity index (χ1) is 11.2. The Kier molecular flexibility index (Phi) is 5.57. The Bertz CT molecular complexity index is 668. The maximum atomic E-state index is 12.0. The van der Waals surface area contributed by atoms with E-state index >= 15 is 0 Å². The second-order valence-electron chi connectivity index (χ2n) is 6.25. The van der Waals surface area contributed by atoms with Crippen molar-refractivity contribution in [3.05, 3.63) is 48.0 Å². The molecular weight excluding hydrogens is 304 g/mol. The van der Waals surface area contributed by atoms with Crippen molar-refractivity contribution in [3.63, 3.8) is 0 Å². The quantitative estimate of drug-likeness (QED) is 0.800. The third kappa shape index (κ3) is 4.27. The van der Waals surface area contributed by atoms with E-state index in [0.29, 0.717) is 0 Å². The van der Waals surface area contributed by atoms with Crippen molar-refractivity contribution < 1.29 is 4.79 Å². The van der Waals surface area contributed by atoms with Crippen LogP contribution in [0.1, 0.15) is 24.8 Å². The van der Waals surface area contributed by atoms with Crippen molar-refractivity contribution in [1.29, 1.82) is 0 Å². The Morgan fingerprint density at radius 3 is 2.83 bits per heavy atom. The van der Waals surface area contributed by atoms with E-state index in [9.17, 15) is 4.79 Å². The molecule has 0 saturated heterocycles. The molecule has 2 aromatic carbocycles. The normalized spacial score (nSPS) is 20.7. The summed E-state index contributed by atoms with van der Waals surface area (Å²) >= 11 is 1.87. The number of amides is 1. The van der Waals surface area contributed by atoms with Gasteiger partial charge >= 0.3 is 0 Å². The molecule has 1 amide bonds. The molecule has 1 aliphatic carbocycles. The fourth-order valence-corrected chi connectivity index (χ4v) is 4.11. The van der Waals surface area contributed by atoms with E-state index in [-0.39, 0.29) is 17.9 Å². The van der Waals surface area contributed by atoms with Crippen LogP contribution < -0.4 is 11.1 Å². The number of carbonyl (C=O) groups excluding carboxylic acids is 1. The van der Waals surface area contributed by atoms with Gasteiger partial charge in [0, 0.05) is 30.0 Å². The molecule has 3 nitrogen and oxygen atoms in total. The molecule has 3 rings (SSSR count). The van der Waals surface area contributed by atoms with Crippen LogP contribution in [-0.4, -0.2) is 24.2 Å². The number of nitrogens with one attached hydrogen (secondary N) is 1. The van der Waals surface area contributed by atoms with Gasteiger partial charge in [0.15, 0.2) is 0 Å². The van der Waals surface area contributed by atoms with Crippen LogP contribution in [0.25, 0.3) is 10.8 Å². The number of fused-ring (bicyclic) bond motifs is 1. The maximum Gasteiger partial charge on any atom is 0.223 e. The van der Waals surface area contributed by atoms with Crippen molar-refractivity contribution in [2.24, 2.45) is 11.7 Å². The second kappa shape index (κ2) is 7.84. The van der Waals surface area contributed by atoms with Gasteiger partial charge in [-0.2, -0.15) is 11.8 Å². The zero-order valence-corrected chi connectivity index (χ0v) is 14.1. The maximum absolute atomic E-state index is 12.0. The largest absolute Gasteiger partial charge is 0.355 e. The molecule has 2 aromatic rings. The van der Waals surface area contributed by atoms with Gasteiger partial charge in [0.2, 0.25) is 5.91 Å². The van der Waals surface area contributed by atoms with E-state index in [4.69, 9.17) is 5.73 Å². The van der Waals surface area contributed by atoms with E-state index in [0.717, 1.165) is 37.3 Å². The van der Waals surface area contributed by atoms with Gasteiger partial charge in [0.25, 0.3) is 0 Å². The average Bonchev–Trinajstić information content (AvgIpc) is 3.01. The van der Waals surface area contributed by atoms with Gasteiger partial charge in [0.05, 0.1) is 0 Å². The summed E-state index contributed by atoms with van der Waals surface area (Å²) < 4.78 is 0. The van der Waals surface area contributed by atoms with Crippen molar-refractivity contribution in [2.75, 3.05) is 12.3 Å². The summed E-state index contributed by atoms with van der Waals surface area (Å²) in [4.78, 5) is 12.0. The lowest BCUT2D eigenvalue weighted by molar-refractivity contribution is -0.124. The number of benzene rings is 2. The molecular formula is C19H24N2OS. The van der Waals surface area contributed by atoms with Crippen LogP contribution in [0.5, 0.6) is 0 Å². The molecule has 0 aromatic heterocycles. The van der Waals surface area contributed by atoms with E-state index in [1.54, 1.807) is 0 Å². The fourth-order valence-electron chi connectivity index (χ4n) is 3.25. The molecule has 1 saturated carbocycles. The Hall–Kier alpha value is -1.52. The van der Waals surface area contributed by atoms with Gasteiger partial charge in [-0.05, 0) is 35.6 Å². The number of carbonyl (C=O) groups is 1. The highest BCUT2D eigenvalue weighted by molar-refractivity contribution is 7.98. The van der Waals surface area contributed by atoms with Crippen LogP contribution in [0.15, 0.2) is 42.5 Å². The topological polar surface area (TPSA) is 55.1 Å². The molecule has 0 spiro atoms. The Labute approximate surface area is 142 Å². The summed E-state index contributed by atoms with van der Waals surface area (Å²) in [6.07, 6.45) is 2.76. The van der Waals surface area contributed by atoms with Crippen LogP contribution in [0.4, 0.5) is 0 Å². The Morgan fingerprint density at radius 1 is 1.17 bits per heavy atom. The minimum atomic E-state index is 0.132. The van der Waals surface area contributed by atoms with Crippen molar-refractivity contribution in [2.45, 2.75) is 31.1 Å². The summed E-state index contributed by atoms with van der Waals surface area (Å²) in [7, 11) is 0. The Balaban J connectivity index is 1.42. The lowest BCUT2D eigenvalue weighted by Crippen LogP contribution is -2.32. The van der Waals surface area contributed by atoms with Crippen molar-refractivity contribution in [1.82, 2.24) is 5.32 Å². The van der Waals surface area contributed by atoms with E-state index in [1.165, 1.54) is 16.3 Å². The highest BCUT2D eigenvalue weighted by Crippen LogP contribution is 2.24. The van der Waals surface area contributed by atoms with E-state index in [1.807, 2.05) is 11.8 Å². The lowest BCUT2D eigenvalue weighted by Gasteiger charge is -2.11. The number of rotatable bonds is 6. The SMILES string of the molecule is NC1CCC(C(=O)NCCSCc2cccc3ccccc23)C1. The van der Waals surface area contributed by atoms with Gasteiger partial charge in [-0.15, -0.1) is 0 Å². The number of hydrogen-bond acceptors (Lipinski definition) is 3. The first kappa shape index (κ1) is 16.3. The van der Waals surface area contributed by atoms with Crippen molar-refractivity contribution >= 4 is 28.4 Å². The summed E-state index contributed by atoms with van der Waals surface area (Å²) in [5.74, 6) is 2.23. The van der Waals surface area contributed by atoms with Crippen LogP contribution in [0, 0.1) is 5.92 Å². The molecule has 0 bridgehead atoms. The molecule has 0 heterocycles. The molecule has 0 aliphatic heterocycles. The molecule has 4 heteroatoms. The predicted molar refractivity (Wildman–Crippen MR) is 98.4 cm³/mol. The highest BCUT2D eigenvalue weighted by atomic mass is 32.2. The first-order valence-corrected chi connectivity index (χ1v) is 9.47. The van der Waals surface area contributed by atoms with E-state index < -0.39 is 0 Å². The minimum absolute atomic E-state index is 0.132. The molecule has 2 unspecified atom stereocenters. The minimum Gasteiger partial charge on any atom is -0.355 e. The average molecular weight is 328 g/mol. The summed E-state index contributed by atoms with van der Waals surface area (Å²) in [6.45, 7) is 0.736. The van der Waals surface area contributed by atoms with Crippen LogP contribution in [0.2, 0.25) is 0 Å². The van der Waals surface area contributed by atoms with Crippen LogP contribution in [0.3, 0.4) is 0 Å². The number of hydrogen-bond donors (Lipinski definition) is 2. The third-order valence-electron chi connectivity index (χ3n) is 4.53. The van der Waals surface area contributed by atoms with Gasteiger partial charge in [0.1, 0.15) is 0 Å². The van der Waals surface area contributed by atoms with Gasteiger partial charge in [-0.25, -0.2) is 0 Å². The fraction of sp³-hybridized carbons (Fsp3) is 0.421. The molecule has 1 aliphatic rings. The number of thioether (sulfide) groups is 1. The predicted octanol–water partition coefficient (Wildman–Crippen LogP) is 3.32. The Morgan fingerprint density at radius 2 is 2.00 bits per heavy atom. The highest BCUT2D eigenvalue weighted by Gasteiger charge is 2.27. The molecule has 3 N–H and O–H groups in total. The lowest BCUT2D eigenvalue weighted by atomic mass is 10.1. The summed E-state index contributed by atoms with van der Waals surface area (Å²) in [5, 5.41) is 5.67. The van der Waals surface area contributed by atoms with Crippen molar-refractivity contribution in [3.8, 4) is 0 Å². The molecule has 122 valence electrons. The van der Waals surface area contributed by atoms with Crippen LogP contribution >= 0.6 is 11.8 Å². The molecule has 0 radical (unpaired) electrons. The first-order valence-electron chi connectivity index (χ1n) is 8.31. The second-order valence-corrected chi connectivity index (χ2v) is 7.36. The van der Waals surface area contributed by atoms with Gasteiger partial charge in [-0.3, -0.25) is 4.79 Å². The third-order valence-corrected chi connectivity index (χ3v) is 5.54. The molecule has 2 atom stereocenters. The molecule has 23 heavy (non-hydrogen) atoms. The zero-order valence-electron chi connectivity index (χ0n) is 13.3. The summed E-state index contributed by atoms with van der Waals surface area (Å²) in [5.41, 5.74) is 7.23. The zero-order chi connectivity index (χ0) is 16.1. The van der Waals surface area contributed by atoms with E-state index in [2.05, 4.69) is 47.8 Å². The van der Waals surface area contributed by atoms with Crippen LogP contribution in [-0.2, 0) is 10.5 Å². The van der Waals surface area contributed by atoms with Gasteiger partial charge in [-0.1, -0.05) is 42.5 Å². The van der Waals surface area contributed by atoms with Gasteiger partial charge < -0.3 is 11.1 Å². The smallest absolute Gasteiger partial charge is 0.223 e. The molecule has 1 fully saturated rings.